The van der Waals surface area contributed by atoms with Crippen molar-refractivity contribution in [3.8, 4) is 0 Å². The van der Waals surface area contributed by atoms with Crippen molar-refractivity contribution in [2.75, 3.05) is 19.8 Å². The third-order valence-electron chi connectivity index (χ3n) is 9.17. The second-order valence-electron chi connectivity index (χ2n) is 14.5. The minimum atomic E-state index is -0.833. The van der Waals surface area contributed by atoms with E-state index < -0.39 is 17.3 Å². The van der Waals surface area contributed by atoms with E-state index in [2.05, 4.69) is 29.7 Å². The minimum Gasteiger partial charge on any atom is -0.463 e. The van der Waals surface area contributed by atoms with Crippen LogP contribution in [0.4, 0.5) is 0 Å². The van der Waals surface area contributed by atoms with E-state index in [0.717, 1.165) is 51.4 Å². The summed E-state index contributed by atoms with van der Waals surface area (Å²) in [4.78, 5) is 38.1. The van der Waals surface area contributed by atoms with Crippen LogP contribution >= 0.6 is 0 Å². The van der Waals surface area contributed by atoms with Crippen LogP contribution in [0, 0.1) is 11.3 Å². The Hall–Kier alpha value is -1.93. The molecule has 0 radical (unpaired) electrons. The van der Waals surface area contributed by atoms with Crippen LogP contribution in [0.2, 0.25) is 0 Å². The fraction of sp³-hybridized carbons (Fsp3) is 0.865. The summed E-state index contributed by atoms with van der Waals surface area (Å²) in [6, 6.07) is -0.152. The lowest BCUT2D eigenvalue weighted by Gasteiger charge is -2.44. The number of amides is 2. The number of allylic oxidation sites excluding steroid dienone is 2. The first kappa shape index (κ1) is 39.2. The fourth-order valence-corrected chi connectivity index (χ4v) is 6.25. The van der Waals surface area contributed by atoms with Gasteiger partial charge in [0.15, 0.2) is 5.79 Å². The minimum absolute atomic E-state index is 0.0508. The van der Waals surface area contributed by atoms with Crippen LogP contribution in [0.1, 0.15) is 157 Å². The van der Waals surface area contributed by atoms with Gasteiger partial charge in [0.2, 0.25) is 11.8 Å². The van der Waals surface area contributed by atoms with Gasteiger partial charge in [-0.25, -0.2) is 0 Å². The molecule has 8 nitrogen and oxygen atoms in total. The predicted molar refractivity (Wildman–Crippen MR) is 181 cm³/mol. The molecule has 1 aliphatic carbocycles. The zero-order valence-electron chi connectivity index (χ0n) is 29.4. The number of hydrogen-bond donors (Lipinski definition) is 2. The normalized spacial score (nSPS) is 20.2. The molecule has 2 unspecified atom stereocenters. The average molecular weight is 635 g/mol. The summed E-state index contributed by atoms with van der Waals surface area (Å²) in [5.74, 6) is -1.07. The highest BCUT2D eigenvalue weighted by atomic mass is 16.7. The van der Waals surface area contributed by atoms with E-state index in [-0.39, 0.29) is 43.4 Å². The molecule has 0 bridgehead atoms. The van der Waals surface area contributed by atoms with Crippen LogP contribution < -0.4 is 10.6 Å². The smallest absolute Gasteiger partial charge is 0.307 e. The first-order valence-corrected chi connectivity index (χ1v) is 18.2. The van der Waals surface area contributed by atoms with E-state index in [1.807, 2.05) is 13.8 Å². The summed E-state index contributed by atoms with van der Waals surface area (Å²) >= 11 is 0. The van der Waals surface area contributed by atoms with Gasteiger partial charge in [0, 0.05) is 18.4 Å². The van der Waals surface area contributed by atoms with E-state index in [0.29, 0.717) is 18.9 Å². The Balaban J connectivity index is 1.58. The molecule has 2 amide bonds. The van der Waals surface area contributed by atoms with Crippen molar-refractivity contribution < 1.29 is 28.6 Å². The summed E-state index contributed by atoms with van der Waals surface area (Å²) in [6.07, 6.45) is 25.0. The molecule has 0 spiro atoms. The number of ether oxygens (including phenoxy) is 3. The van der Waals surface area contributed by atoms with Crippen molar-refractivity contribution in [2.45, 2.75) is 175 Å². The van der Waals surface area contributed by atoms with E-state index in [1.54, 1.807) is 13.8 Å². The maximum Gasteiger partial charge on any atom is 0.307 e. The molecule has 1 heterocycles. The number of rotatable bonds is 23. The van der Waals surface area contributed by atoms with Gasteiger partial charge in [0.05, 0.1) is 19.1 Å². The first-order valence-electron chi connectivity index (χ1n) is 18.2. The molecule has 2 fully saturated rings. The van der Waals surface area contributed by atoms with E-state index in [4.69, 9.17) is 14.2 Å². The second kappa shape index (κ2) is 21.8. The van der Waals surface area contributed by atoms with Gasteiger partial charge in [-0.2, -0.15) is 0 Å². The van der Waals surface area contributed by atoms with Crippen molar-refractivity contribution in [3.05, 3.63) is 12.2 Å². The summed E-state index contributed by atoms with van der Waals surface area (Å²) in [7, 11) is 0. The Labute approximate surface area is 274 Å². The van der Waals surface area contributed by atoms with E-state index >= 15 is 0 Å². The van der Waals surface area contributed by atoms with Crippen molar-refractivity contribution in [2.24, 2.45) is 11.3 Å². The third kappa shape index (κ3) is 17.0. The van der Waals surface area contributed by atoms with Gasteiger partial charge in [-0.15, -0.1) is 0 Å². The molecule has 2 rings (SSSR count). The Morgan fingerprint density at radius 3 is 2.09 bits per heavy atom. The predicted octanol–water partition coefficient (Wildman–Crippen LogP) is 7.93. The topological polar surface area (TPSA) is 103 Å². The monoisotopic (exact) mass is 634 g/mol. The Kier molecular flexibility index (Phi) is 19.0. The fourth-order valence-electron chi connectivity index (χ4n) is 6.25. The molecule has 1 saturated carbocycles. The van der Waals surface area contributed by atoms with Gasteiger partial charge < -0.3 is 24.8 Å². The van der Waals surface area contributed by atoms with Crippen molar-refractivity contribution >= 4 is 17.8 Å². The number of carbonyl (C=O) groups is 3. The van der Waals surface area contributed by atoms with Crippen molar-refractivity contribution in [3.63, 3.8) is 0 Å². The van der Waals surface area contributed by atoms with Gasteiger partial charge in [-0.1, -0.05) is 97.1 Å². The largest absolute Gasteiger partial charge is 0.463 e. The molecule has 2 atom stereocenters. The van der Waals surface area contributed by atoms with Gasteiger partial charge >= 0.3 is 5.97 Å². The third-order valence-corrected chi connectivity index (χ3v) is 9.17. The quantitative estimate of drug-likeness (QED) is 0.0672. The average Bonchev–Trinajstić information content (AvgIpc) is 3.53. The molecule has 1 saturated heterocycles. The molecule has 0 aromatic rings. The summed E-state index contributed by atoms with van der Waals surface area (Å²) < 4.78 is 17.1. The molecule has 260 valence electrons. The first-order chi connectivity index (χ1) is 21.5. The van der Waals surface area contributed by atoms with Crippen LogP contribution in [-0.2, 0) is 28.6 Å². The Bertz CT molecular complexity index is 880. The lowest BCUT2D eigenvalue weighted by Crippen LogP contribution is -2.56. The highest BCUT2D eigenvalue weighted by Crippen LogP contribution is 2.35. The van der Waals surface area contributed by atoms with Crippen LogP contribution in [0.3, 0.4) is 0 Å². The van der Waals surface area contributed by atoms with Crippen molar-refractivity contribution in [1.29, 1.82) is 0 Å². The highest BCUT2D eigenvalue weighted by Gasteiger charge is 2.45. The Morgan fingerprint density at radius 2 is 1.44 bits per heavy atom. The molecule has 2 N–H and O–H groups in total. The summed E-state index contributed by atoms with van der Waals surface area (Å²) in [5, 5.41) is 5.99. The molecule has 0 aromatic heterocycles. The molecule has 2 aliphatic rings. The molecule has 45 heavy (non-hydrogen) atoms. The van der Waals surface area contributed by atoms with Gasteiger partial charge in [-0.3, -0.25) is 14.4 Å². The lowest BCUT2D eigenvalue weighted by atomic mass is 9.85. The van der Waals surface area contributed by atoms with E-state index in [1.165, 1.54) is 57.8 Å². The Morgan fingerprint density at radius 1 is 0.844 bits per heavy atom. The molecule has 8 heteroatoms. The number of carbonyl (C=O) groups excluding carboxylic acids is 3. The highest BCUT2D eigenvalue weighted by molar-refractivity contribution is 5.82. The van der Waals surface area contributed by atoms with Gasteiger partial charge in [0.1, 0.15) is 12.7 Å². The van der Waals surface area contributed by atoms with Crippen LogP contribution in [0.15, 0.2) is 12.2 Å². The number of nitrogens with one attached hydrogen (secondary N) is 2. The van der Waals surface area contributed by atoms with Crippen LogP contribution in [0.5, 0.6) is 0 Å². The molecule has 0 aromatic carbocycles. The van der Waals surface area contributed by atoms with Gasteiger partial charge in [-0.05, 0) is 64.7 Å². The molecule has 1 aliphatic heterocycles. The van der Waals surface area contributed by atoms with Crippen molar-refractivity contribution in [1.82, 2.24) is 10.6 Å². The van der Waals surface area contributed by atoms with Gasteiger partial charge in [0.25, 0.3) is 0 Å². The lowest BCUT2D eigenvalue weighted by molar-refractivity contribution is -0.304. The SMILES string of the molecule is CCCCCCCC/C=C\CCCCCCCC(=O)NC(COC(=O)CCNC(=O)C1OC(C)(C)OCC1(C)C)C1CCCC1. The number of esters is 1. The maximum absolute atomic E-state index is 12.8. The zero-order chi connectivity index (χ0) is 33.0. The molecular formula is C37H66N2O6. The van der Waals surface area contributed by atoms with E-state index in [9.17, 15) is 14.4 Å². The van der Waals surface area contributed by atoms with Crippen LogP contribution in [-0.4, -0.2) is 55.5 Å². The zero-order valence-corrected chi connectivity index (χ0v) is 29.4. The number of unbranched alkanes of at least 4 members (excludes halogenated alkanes) is 11. The summed E-state index contributed by atoms with van der Waals surface area (Å²) in [5.41, 5.74) is -0.475. The maximum atomic E-state index is 12.8. The summed E-state index contributed by atoms with van der Waals surface area (Å²) in [6.45, 7) is 10.5. The standard InChI is InChI=1S/C37H66N2O6/c1-6-7-8-9-10-11-12-13-14-15-16-17-18-19-20-25-32(40)39-31(30-23-21-22-24-30)28-43-33(41)26-27-38-35(42)34-36(2,3)29-44-37(4,5)45-34/h13-14,30-31,34H,6-12,15-29H2,1-5H3,(H,38,42)(H,39,40)/b14-13-. The number of hydrogen-bond acceptors (Lipinski definition) is 6. The second-order valence-corrected chi connectivity index (χ2v) is 14.5. The van der Waals surface area contributed by atoms with Crippen LogP contribution in [0.25, 0.3) is 0 Å². The molecular weight excluding hydrogens is 568 g/mol.